The van der Waals surface area contributed by atoms with Crippen LogP contribution in [0.4, 0.5) is 0 Å². The molecule has 0 N–H and O–H groups in total. The van der Waals surface area contributed by atoms with Gasteiger partial charge in [0.15, 0.2) is 5.03 Å². The van der Waals surface area contributed by atoms with Crippen molar-refractivity contribution in [3.8, 4) is 5.88 Å². The highest BCUT2D eigenvalue weighted by molar-refractivity contribution is 7.89. The van der Waals surface area contributed by atoms with Crippen LogP contribution >= 0.6 is 0 Å². The predicted molar refractivity (Wildman–Crippen MR) is 73.0 cm³/mol. The van der Waals surface area contributed by atoms with Gasteiger partial charge in [-0.05, 0) is 6.42 Å². The zero-order valence-electron chi connectivity index (χ0n) is 11.5. The maximum absolute atomic E-state index is 12.4. The lowest BCUT2D eigenvalue weighted by atomic mass is 10.3. The SMILES string of the molecule is Cn1cnc(S(=O)(=O)N2CCC(Oc3cnccn3)C2)c1. The van der Waals surface area contributed by atoms with Gasteiger partial charge < -0.3 is 9.30 Å². The Balaban J connectivity index is 1.69. The van der Waals surface area contributed by atoms with Gasteiger partial charge in [-0.15, -0.1) is 0 Å². The third-order valence-electron chi connectivity index (χ3n) is 3.22. The van der Waals surface area contributed by atoms with Crippen LogP contribution in [0.1, 0.15) is 6.42 Å². The van der Waals surface area contributed by atoms with Gasteiger partial charge >= 0.3 is 0 Å². The number of rotatable bonds is 4. The van der Waals surface area contributed by atoms with Crippen molar-refractivity contribution in [2.45, 2.75) is 17.6 Å². The van der Waals surface area contributed by atoms with E-state index in [-0.39, 0.29) is 17.7 Å². The van der Waals surface area contributed by atoms with E-state index < -0.39 is 10.0 Å². The number of aryl methyl sites for hydroxylation is 1. The number of hydrogen-bond acceptors (Lipinski definition) is 6. The molecule has 0 aromatic carbocycles. The third-order valence-corrected chi connectivity index (χ3v) is 4.97. The molecular weight excluding hydrogens is 294 g/mol. The second-order valence-corrected chi connectivity index (χ2v) is 6.70. The largest absolute Gasteiger partial charge is 0.472 e. The summed E-state index contributed by atoms with van der Waals surface area (Å²) in [4.78, 5) is 11.8. The molecule has 1 aliphatic rings. The van der Waals surface area contributed by atoms with Crippen molar-refractivity contribution in [2.75, 3.05) is 13.1 Å². The minimum absolute atomic E-state index is 0.0603. The molecule has 112 valence electrons. The fourth-order valence-corrected chi connectivity index (χ4v) is 3.64. The van der Waals surface area contributed by atoms with E-state index in [4.69, 9.17) is 4.74 Å². The molecule has 3 rings (SSSR count). The summed E-state index contributed by atoms with van der Waals surface area (Å²) in [6, 6.07) is 0. The molecule has 1 atom stereocenters. The van der Waals surface area contributed by atoms with Gasteiger partial charge in [-0.1, -0.05) is 0 Å². The van der Waals surface area contributed by atoms with Gasteiger partial charge in [-0.25, -0.2) is 18.4 Å². The molecule has 0 radical (unpaired) electrons. The van der Waals surface area contributed by atoms with Crippen molar-refractivity contribution in [3.05, 3.63) is 31.1 Å². The van der Waals surface area contributed by atoms with Crippen LogP contribution in [-0.2, 0) is 17.1 Å². The predicted octanol–water partition coefficient (Wildman–Crippen LogP) is 0.0521. The second-order valence-electron chi connectivity index (χ2n) is 4.81. The molecule has 21 heavy (non-hydrogen) atoms. The monoisotopic (exact) mass is 309 g/mol. The molecule has 2 aromatic heterocycles. The highest BCUT2D eigenvalue weighted by atomic mass is 32.2. The van der Waals surface area contributed by atoms with Crippen LogP contribution in [-0.4, -0.2) is 51.4 Å². The average molecular weight is 309 g/mol. The first kappa shape index (κ1) is 14.0. The minimum Gasteiger partial charge on any atom is -0.472 e. The fourth-order valence-electron chi connectivity index (χ4n) is 2.18. The molecule has 9 heteroatoms. The molecule has 0 saturated carbocycles. The van der Waals surface area contributed by atoms with Gasteiger partial charge in [0.05, 0.1) is 19.1 Å². The lowest BCUT2D eigenvalue weighted by Crippen LogP contribution is -2.31. The average Bonchev–Trinajstić information content (AvgIpc) is 3.10. The van der Waals surface area contributed by atoms with Gasteiger partial charge in [0.25, 0.3) is 10.0 Å². The summed E-state index contributed by atoms with van der Waals surface area (Å²) in [5.74, 6) is 0.402. The molecule has 2 aromatic rings. The van der Waals surface area contributed by atoms with E-state index in [0.717, 1.165) is 0 Å². The van der Waals surface area contributed by atoms with Crippen LogP contribution in [0, 0.1) is 0 Å². The zero-order chi connectivity index (χ0) is 14.9. The van der Waals surface area contributed by atoms with Gasteiger partial charge in [0.1, 0.15) is 6.10 Å². The summed E-state index contributed by atoms with van der Waals surface area (Å²) in [7, 11) is -1.83. The molecular formula is C12H15N5O3S. The van der Waals surface area contributed by atoms with Crippen molar-refractivity contribution >= 4 is 10.0 Å². The third kappa shape index (κ3) is 2.88. The topological polar surface area (TPSA) is 90.2 Å². The van der Waals surface area contributed by atoms with Gasteiger partial charge in [-0.2, -0.15) is 4.31 Å². The van der Waals surface area contributed by atoms with Crippen molar-refractivity contribution in [1.29, 1.82) is 0 Å². The van der Waals surface area contributed by atoms with E-state index in [2.05, 4.69) is 15.0 Å². The van der Waals surface area contributed by atoms with Crippen molar-refractivity contribution in [3.63, 3.8) is 0 Å². The van der Waals surface area contributed by atoms with Crippen LogP contribution in [0.2, 0.25) is 0 Å². The minimum atomic E-state index is -3.56. The first-order valence-electron chi connectivity index (χ1n) is 6.46. The van der Waals surface area contributed by atoms with Gasteiger partial charge in [0, 0.05) is 32.2 Å². The van der Waals surface area contributed by atoms with E-state index >= 15 is 0 Å². The molecule has 3 heterocycles. The summed E-state index contributed by atoms with van der Waals surface area (Å²) < 4.78 is 33.5. The zero-order valence-corrected chi connectivity index (χ0v) is 12.3. The Labute approximate surface area is 122 Å². The number of imidazole rings is 1. The first-order valence-corrected chi connectivity index (χ1v) is 7.90. The van der Waals surface area contributed by atoms with Crippen molar-refractivity contribution < 1.29 is 13.2 Å². The van der Waals surface area contributed by atoms with E-state index in [1.165, 1.54) is 29.2 Å². The summed E-state index contributed by atoms with van der Waals surface area (Å²) >= 11 is 0. The summed E-state index contributed by atoms with van der Waals surface area (Å²) in [5, 5.41) is 0.0603. The molecule has 1 fully saturated rings. The Morgan fingerprint density at radius 1 is 1.33 bits per heavy atom. The fraction of sp³-hybridized carbons (Fsp3) is 0.417. The number of sulfonamides is 1. The lowest BCUT2D eigenvalue weighted by Gasteiger charge is -2.15. The van der Waals surface area contributed by atoms with E-state index in [1.54, 1.807) is 17.8 Å². The Morgan fingerprint density at radius 3 is 2.86 bits per heavy atom. The smallest absolute Gasteiger partial charge is 0.262 e. The first-order chi connectivity index (χ1) is 10.1. The summed E-state index contributed by atoms with van der Waals surface area (Å²) in [6.07, 6.45) is 7.95. The second kappa shape index (κ2) is 5.41. The highest BCUT2D eigenvalue weighted by Gasteiger charge is 2.35. The van der Waals surface area contributed by atoms with E-state index in [9.17, 15) is 8.42 Å². The Kier molecular flexibility index (Phi) is 3.60. The van der Waals surface area contributed by atoms with Crippen LogP contribution in [0.25, 0.3) is 0 Å². The quantitative estimate of drug-likeness (QED) is 0.793. The van der Waals surface area contributed by atoms with Crippen molar-refractivity contribution in [1.82, 2.24) is 23.8 Å². The molecule has 1 aliphatic heterocycles. The van der Waals surface area contributed by atoms with Crippen LogP contribution in [0.15, 0.2) is 36.1 Å². The number of hydrogen-bond donors (Lipinski definition) is 0. The molecule has 1 unspecified atom stereocenters. The van der Waals surface area contributed by atoms with Crippen LogP contribution < -0.4 is 4.74 Å². The molecule has 0 aliphatic carbocycles. The number of nitrogens with zero attached hydrogens (tertiary/aromatic N) is 5. The van der Waals surface area contributed by atoms with Gasteiger partial charge in [-0.3, -0.25) is 4.98 Å². The van der Waals surface area contributed by atoms with E-state index in [0.29, 0.717) is 18.8 Å². The molecule has 0 spiro atoms. The van der Waals surface area contributed by atoms with Gasteiger partial charge in [0.2, 0.25) is 5.88 Å². The molecule has 0 bridgehead atoms. The maximum atomic E-state index is 12.4. The molecule has 1 saturated heterocycles. The Hall–Kier alpha value is -2.00. The van der Waals surface area contributed by atoms with Crippen LogP contribution in [0.5, 0.6) is 5.88 Å². The highest BCUT2D eigenvalue weighted by Crippen LogP contribution is 2.22. The Morgan fingerprint density at radius 2 is 2.19 bits per heavy atom. The number of ether oxygens (including phenoxy) is 1. The standard InChI is InChI=1S/C12H15N5O3S/c1-16-8-12(15-9-16)21(18,19)17-5-2-10(7-17)20-11-6-13-3-4-14-11/h3-4,6,8-10H,2,5,7H2,1H3. The van der Waals surface area contributed by atoms with Crippen LogP contribution in [0.3, 0.4) is 0 Å². The number of aromatic nitrogens is 4. The Bertz CT molecular complexity index is 716. The summed E-state index contributed by atoms with van der Waals surface area (Å²) in [6.45, 7) is 0.694. The maximum Gasteiger partial charge on any atom is 0.262 e. The molecule has 8 nitrogen and oxygen atoms in total. The lowest BCUT2D eigenvalue weighted by molar-refractivity contribution is 0.206. The normalized spacial score (nSPS) is 19.8. The summed E-state index contributed by atoms with van der Waals surface area (Å²) in [5.41, 5.74) is 0. The van der Waals surface area contributed by atoms with Crippen molar-refractivity contribution in [2.24, 2.45) is 7.05 Å². The molecule has 0 amide bonds. The van der Waals surface area contributed by atoms with E-state index in [1.807, 2.05) is 0 Å².